The molecule has 2 N–H and O–H groups in total. The molecular formula is C18H19N3O3S. The van der Waals surface area contributed by atoms with Crippen LogP contribution in [0.5, 0.6) is 5.75 Å². The Hall–Kier alpha value is -2.54. The summed E-state index contributed by atoms with van der Waals surface area (Å²) in [4.78, 5) is 32.1. The highest BCUT2D eigenvalue weighted by atomic mass is 32.2. The zero-order chi connectivity index (χ0) is 17.8. The first-order valence-electron chi connectivity index (χ1n) is 8.03. The van der Waals surface area contributed by atoms with Crippen molar-refractivity contribution < 1.29 is 9.53 Å². The SMILES string of the molecule is C=CCSc1nc2c(c(=O)[nH]1)[C@H](c1ccccc1OCC)CC(=O)N2. The Balaban J connectivity index is 2.09. The third kappa shape index (κ3) is 3.61. The van der Waals surface area contributed by atoms with Crippen LogP contribution in [0.15, 0.2) is 46.9 Å². The maximum absolute atomic E-state index is 12.7. The van der Waals surface area contributed by atoms with E-state index < -0.39 is 0 Å². The van der Waals surface area contributed by atoms with E-state index in [4.69, 9.17) is 4.74 Å². The molecule has 6 nitrogen and oxygen atoms in total. The number of nitrogens with one attached hydrogen (secondary N) is 2. The fourth-order valence-electron chi connectivity index (χ4n) is 2.88. The fourth-order valence-corrected chi connectivity index (χ4v) is 3.47. The number of anilines is 1. The van der Waals surface area contributed by atoms with E-state index in [1.807, 2.05) is 31.2 Å². The van der Waals surface area contributed by atoms with Crippen LogP contribution < -0.4 is 15.6 Å². The van der Waals surface area contributed by atoms with E-state index in [1.54, 1.807) is 6.08 Å². The Morgan fingerprint density at radius 1 is 1.40 bits per heavy atom. The number of hydrogen-bond donors (Lipinski definition) is 2. The molecule has 0 spiro atoms. The molecule has 1 aliphatic heterocycles. The van der Waals surface area contributed by atoms with Crippen LogP contribution >= 0.6 is 11.8 Å². The second-order valence-corrected chi connectivity index (χ2v) is 6.52. The van der Waals surface area contributed by atoms with Crippen molar-refractivity contribution in [2.75, 3.05) is 17.7 Å². The largest absolute Gasteiger partial charge is 0.494 e. The van der Waals surface area contributed by atoms with Gasteiger partial charge in [0.15, 0.2) is 5.16 Å². The Kier molecular flexibility index (Phi) is 5.23. The second-order valence-electron chi connectivity index (χ2n) is 5.51. The van der Waals surface area contributed by atoms with Gasteiger partial charge in [-0.1, -0.05) is 36.0 Å². The van der Waals surface area contributed by atoms with Crippen LogP contribution in [0.25, 0.3) is 0 Å². The number of fused-ring (bicyclic) bond motifs is 1. The van der Waals surface area contributed by atoms with Gasteiger partial charge in [0.25, 0.3) is 5.56 Å². The quantitative estimate of drug-likeness (QED) is 0.472. The zero-order valence-electron chi connectivity index (χ0n) is 13.9. The van der Waals surface area contributed by atoms with E-state index in [0.717, 1.165) is 5.56 Å². The number of H-pyrrole nitrogens is 1. The number of aromatic nitrogens is 2. The third-order valence-electron chi connectivity index (χ3n) is 3.86. The van der Waals surface area contributed by atoms with Gasteiger partial charge in [-0.3, -0.25) is 9.59 Å². The molecule has 0 unspecified atom stereocenters. The van der Waals surface area contributed by atoms with E-state index in [0.29, 0.717) is 34.6 Å². The predicted molar refractivity (Wildman–Crippen MR) is 98.5 cm³/mol. The molecule has 7 heteroatoms. The van der Waals surface area contributed by atoms with Crippen LogP contribution in [0.3, 0.4) is 0 Å². The molecule has 0 bridgehead atoms. The molecule has 130 valence electrons. The van der Waals surface area contributed by atoms with E-state index >= 15 is 0 Å². The molecule has 0 fully saturated rings. The zero-order valence-corrected chi connectivity index (χ0v) is 14.7. The normalized spacial score (nSPS) is 16.0. The number of ether oxygens (including phenoxy) is 1. The van der Waals surface area contributed by atoms with Crippen LogP contribution in [0.1, 0.15) is 30.4 Å². The van der Waals surface area contributed by atoms with Gasteiger partial charge in [0.05, 0.1) is 12.2 Å². The Morgan fingerprint density at radius 2 is 2.20 bits per heavy atom. The van der Waals surface area contributed by atoms with Gasteiger partial charge in [0.1, 0.15) is 11.6 Å². The first-order chi connectivity index (χ1) is 12.1. The molecule has 1 aliphatic rings. The van der Waals surface area contributed by atoms with E-state index in [-0.39, 0.29) is 23.8 Å². The number of amides is 1. The second kappa shape index (κ2) is 7.57. The average molecular weight is 357 g/mol. The van der Waals surface area contributed by atoms with Crippen molar-refractivity contribution in [1.29, 1.82) is 0 Å². The van der Waals surface area contributed by atoms with Gasteiger partial charge in [-0.05, 0) is 13.0 Å². The Morgan fingerprint density at radius 3 is 2.96 bits per heavy atom. The molecule has 1 amide bonds. The van der Waals surface area contributed by atoms with Gasteiger partial charge in [0.2, 0.25) is 5.91 Å². The molecule has 0 aliphatic carbocycles. The monoisotopic (exact) mass is 357 g/mol. The molecule has 1 aromatic heterocycles. The number of nitrogens with zero attached hydrogens (tertiary/aromatic N) is 1. The number of thioether (sulfide) groups is 1. The van der Waals surface area contributed by atoms with Crippen LogP contribution in [-0.4, -0.2) is 28.2 Å². The van der Waals surface area contributed by atoms with Gasteiger partial charge < -0.3 is 15.0 Å². The lowest BCUT2D eigenvalue weighted by Gasteiger charge is -2.25. The molecule has 1 atom stereocenters. The van der Waals surface area contributed by atoms with Crippen LogP contribution in [0.2, 0.25) is 0 Å². The van der Waals surface area contributed by atoms with Crippen molar-refractivity contribution in [3.8, 4) is 5.75 Å². The van der Waals surface area contributed by atoms with E-state index in [1.165, 1.54) is 11.8 Å². The average Bonchev–Trinajstić information content (AvgIpc) is 2.59. The summed E-state index contributed by atoms with van der Waals surface area (Å²) < 4.78 is 5.68. The lowest BCUT2D eigenvalue weighted by molar-refractivity contribution is -0.116. The summed E-state index contributed by atoms with van der Waals surface area (Å²) in [7, 11) is 0. The molecule has 2 heterocycles. The highest BCUT2D eigenvalue weighted by Gasteiger charge is 2.32. The van der Waals surface area contributed by atoms with Crippen LogP contribution in [0.4, 0.5) is 5.82 Å². The number of para-hydroxylation sites is 1. The van der Waals surface area contributed by atoms with Crippen molar-refractivity contribution in [3.63, 3.8) is 0 Å². The first-order valence-corrected chi connectivity index (χ1v) is 9.02. The molecule has 0 saturated heterocycles. The molecular weight excluding hydrogens is 338 g/mol. The summed E-state index contributed by atoms with van der Waals surface area (Å²) in [5.74, 6) is 1.07. The number of carbonyl (C=O) groups is 1. The summed E-state index contributed by atoms with van der Waals surface area (Å²) in [6, 6.07) is 7.48. The van der Waals surface area contributed by atoms with Crippen molar-refractivity contribution in [3.05, 3.63) is 58.4 Å². The van der Waals surface area contributed by atoms with Crippen molar-refractivity contribution in [2.24, 2.45) is 0 Å². The van der Waals surface area contributed by atoms with Crippen molar-refractivity contribution in [1.82, 2.24) is 9.97 Å². The number of hydrogen-bond acceptors (Lipinski definition) is 5. The lowest BCUT2D eigenvalue weighted by Crippen LogP contribution is -2.31. The van der Waals surface area contributed by atoms with Crippen LogP contribution in [-0.2, 0) is 4.79 Å². The first kappa shape index (κ1) is 17.3. The van der Waals surface area contributed by atoms with E-state index in [2.05, 4.69) is 21.9 Å². The van der Waals surface area contributed by atoms with Crippen LogP contribution in [0, 0.1) is 0 Å². The minimum atomic E-state index is -0.388. The van der Waals surface area contributed by atoms with Crippen molar-refractivity contribution >= 4 is 23.5 Å². The minimum Gasteiger partial charge on any atom is -0.494 e. The van der Waals surface area contributed by atoms with Gasteiger partial charge in [-0.25, -0.2) is 4.98 Å². The maximum atomic E-state index is 12.7. The number of carbonyl (C=O) groups excluding carboxylic acids is 1. The number of benzene rings is 1. The van der Waals surface area contributed by atoms with Gasteiger partial charge in [-0.2, -0.15) is 0 Å². The standard InChI is InChI=1S/C18H19N3O3S/c1-3-9-25-18-20-16-15(17(23)21-18)12(10-14(22)19-16)11-7-5-6-8-13(11)24-4-2/h3,5-8,12H,1,4,9-10H2,2H3,(H2,19,20,21,22,23)/t12-/m0/s1. The highest BCUT2D eigenvalue weighted by molar-refractivity contribution is 7.99. The highest BCUT2D eigenvalue weighted by Crippen LogP contribution is 2.38. The van der Waals surface area contributed by atoms with E-state index in [9.17, 15) is 9.59 Å². The summed E-state index contributed by atoms with van der Waals surface area (Å²) >= 11 is 1.36. The molecule has 3 rings (SSSR count). The molecule has 2 aromatic rings. The molecule has 25 heavy (non-hydrogen) atoms. The Labute approximate surface area is 149 Å². The minimum absolute atomic E-state index is 0.165. The van der Waals surface area contributed by atoms with Gasteiger partial charge >= 0.3 is 0 Å². The summed E-state index contributed by atoms with van der Waals surface area (Å²) in [6.07, 6.45) is 1.91. The lowest BCUT2D eigenvalue weighted by atomic mass is 9.86. The van der Waals surface area contributed by atoms with Gasteiger partial charge in [0, 0.05) is 23.7 Å². The molecule has 1 aromatic carbocycles. The van der Waals surface area contributed by atoms with Gasteiger partial charge in [-0.15, -0.1) is 6.58 Å². The summed E-state index contributed by atoms with van der Waals surface area (Å²) in [6.45, 7) is 6.06. The number of aromatic amines is 1. The number of rotatable bonds is 6. The smallest absolute Gasteiger partial charge is 0.257 e. The fraction of sp³-hybridized carbons (Fsp3) is 0.278. The topological polar surface area (TPSA) is 84.1 Å². The Bertz CT molecular complexity index is 863. The summed E-state index contributed by atoms with van der Waals surface area (Å²) in [5.41, 5.74) is 1.04. The predicted octanol–water partition coefficient (Wildman–Crippen LogP) is 2.92. The molecule has 0 saturated carbocycles. The van der Waals surface area contributed by atoms with Crippen molar-refractivity contribution in [2.45, 2.75) is 24.4 Å². The summed E-state index contributed by atoms with van der Waals surface area (Å²) in [5, 5.41) is 3.18. The third-order valence-corrected chi connectivity index (χ3v) is 4.73. The maximum Gasteiger partial charge on any atom is 0.257 e. The molecule has 0 radical (unpaired) electrons.